The zero-order valence-corrected chi connectivity index (χ0v) is 29.1. The van der Waals surface area contributed by atoms with Crippen molar-refractivity contribution in [3.63, 3.8) is 0 Å². The first kappa shape index (κ1) is 34.3. The minimum Gasteiger partial charge on any atom is -0.404 e. The summed E-state index contributed by atoms with van der Waals surface area (Å²) in [5.74, 6) is 0. The van der Waals surface area contributed by atoms with Gasteiger partial charge in [0.25, 0.3) is 0 Å². The van der Waals surface area contributed by atoms with Crippen LogP contribution in [0.25, 0.3) is 49.4 Å². The Bertz CT molecular complexity index is 2400. The summed E-state index contributed by atoms with van der Waals surface area (Å²) < 4.78 is 2.36. The molecule has 51 heavy (non-hydrogen) atoms. The average molecular weight is 666 g/mol. The molecule has 0 amide bonds. The van der Waals surface area contributed by atoms with Gasteiger partial charge in [0.2, 0.25) is 0 Å². The van der Waals surface area contributed by atoms with E-state index in [0.29, 0.717) is 17.1 Å². The fourth-order valence-electron chi connectivity index (χ4n) is 6.40. The Balaban J connectivity index is 1.52. The summed E-state index contributed by atoms with van der Waals surface area (Å²) in [4.78, 5) is 0. The van der Waals surface area contributed by atoms with Crippen molar-refractivity contribution in [1.29, 1.82) is 5.41 Å². The van der Waals surface area contributed by atoms with Crippen LogP contribution in [0.3, 0.4) is 0 Å². The van der Waals surface area contributed by atoms with E-state index in [-0.39, 0.29) is 6.04 Å². The molecule has 6 rings (SSSR count). The average Bonchev–Trinajstić information content (AvgIpc) is 3.51. The first-order valence-electron chi connectivity index (χ1n) is 17.1. The largest absolute Gasteiger partial charge is 0.404 e. The maximum atomic E-state index is 8.71. The van der Waals surface area contributed by atoms with Crippen LogP contribution in [-0.4, -0.2) is 16.3 Å². The third-order valence-corrected chi connectivity index (χ3v) is 8.89. The number of rotatable bonds is 11. The Morgan fingerprint density at radius 2 is 1.59 bits per heavy atom. The SMILES string of the molecule is C=C/C=C\C(=N)C1=CC(c2ccc3c(ccc4c5ccc(C(/C=C/C=C/C=C\C)=C/N)cc5n(-c5ccccc5)c34)c2)=CC(/C(N)=C/C=C\C)N1. The third kappa shape index (κ3) is 7.24. The smallest absolute Gasteiger partial charge is 0.0851 e. The summed E-state index contributed by atoms with van der Waals surface area (Å²) in [6, 6.07) is 27.8. The van der Waals surface area contributed by atoms with Gasteiger partial charge in [0.15, 0.2) is 0 Å². The zero-order chi connectivity index (χ0) is 35.7. The summed E-state index contributed by atoms with van der Waals surface area (Å²) in [6.45, 7) is 7.71. The van der Waals surface area contributed by atoms with Crippen LogP contribution in [0.4, 0.5) is 0 Å². The highest BCUT2D eigenvalue weighted by Gasteiger charge is 2.20. The minimum atomic E-state index is -0.270. The molecule has 2 heterocycles. The maximum Gasteiger partial charge on any atom is 0.0851 e. The molecule has 0 spiro atoms. The van der Waals surface area contributed by atoms with Gasteiger partial charge in [-0.1, -0.05) is 122 Å². The maximum absolute atomic E-state index is 8.71. The number of benzene rings is 4. The van der Waals surface area contributed by atoms with Gasteiger partial charge in [-0.05, 0) is 90.1 Å². The van der Waals surface area contributed by atoms with Crippen LogP contribution in [0.15, 0.2) is 188 Å². The van der Waals surface area contributed by atoms with E-state index >= 15 is 0 Å². The van der Waals surface area contributed by atoms with Crippen molar-refractivity contribution in [3.8, 4) is 5.69 Å². The Morgan fingerprint density at radius 1 is 0.824 bits per heavy atom. The Morgan fingerprint density at radius 3 is 2.35 bits per heavy atom. The second-order valence-corrected chi connectivity index (χ2v) is 12.2. The Labute approximate surface area is 300 Å². The molecule has 252 valence electrons. The van der Waals surface area contributed by atoms with Crippen molar-refractivity contribution in [1.82, 2.24) is 9.88 Å². The molecular weight excluding hydrogens is 623 g/mol. The van der Waals surface area contributed by atoms with Crippen LogP contribution in [0.1, 0.15) is 25.0 Å². The van der Waals surface area contributed by atoms with E-state index < -0.39 is 0 Å². The molecule has 0 aliphatic carbocycles. The van der Waals surface area contributed by atoms with Crippen LogP contribution in [-0.2, 0) is 0 Å². The fourth-order valence-corrected chi connectivity index (χ4v) is 6.40. The molecule has 5 nitrogen and oxygen atoms in total. The molecule has 0 saturated heterocycles. The molecule has 5 heteroatoms. The standard InChI is InChI=1S/C46H43N5/c1-4-7-10-11-13-16-35(31-47)33-22-25-39-40-26-23-34-27-32(21-24-38(34)46(40)51(45(39)30-33)37-17-14-12-15-18-37)36-28-43(41(48)19-8-5-2)50-44(29-36)42(49)20-9-6-3/h4-31,44,48,50H,2,47,49H2,1,3H3/b7-4-,9-6-,11-10+,16-13+,19-8-,35-31+,42-20-,48-41?. The highest BCUT2D eigenvalue weighted by atomic mass is 15.0. The number of nitrogens with two attached hydrogens (primary N) is 2. The van der Waals surface area contributed by atoms with Crippen molar-refractivity contribution in [2.24, 2.45) is 11.5 Å². The molecule has 4 aromatic carbocycles. The number of fused-ring (bicyclic) bond motifs is 5. The number of aromatic nitrogens is 1. The number of allylic oxidation sites excluding steroid dienone is 15. The Kier molecular flexibility index (Phi) is 10.6. The lowest BCUT2D eigenvalue weighted by molar-refractivity contribution is 0.758. The van der Waals surface area contributed by atoms with Gasteiger partial charge >= 0.3 is 0 Å². The molecule has 1 atom stereocenters. The van der Waals surface area contributed by atoms with Crippen LogP contribution < -0.4 is 16.8 Å². The first-order valence-corrected chi connectivity index (χ1v) is 17.1. The molecule has 1 aromatic heterocycles. The van der Waals surface area contributed by atoms with E-state index in [4.69, 9.17) is 16.9 Å². The van der Waals surface area contributed by atoms with Gasteiger partial charge in [0.05, 0.1) is 28.5 Å². The molecule has 6 N–H and O–H groups in total. The highest BCUT2D eigenvalue weighted by molar-refractivity contribution is 6.19. The topological polar surface area (TPSA) is 92.9 Å². The monoisotopic (exact) mass is 665 g/mol. The predicted molar refractivity (Wildman–Crippen MR) is 221 cm³/mol. The van der Waals surface area contributed by atoms with Gasteiger partial charge < -0.3 is 21.4 Å². The lowest BCUT2D eigenvalue weighted by atomic mass is 9.94. The summed E-state index contributed by atoms with van der Waals surface area (Å²) in [5.41, 5.74) is 21.7. The van der Waals surface area contributed by atoms with E-state index in [9.17, 15) is 0 Å². The normalized spacial score (nSPS) is 16.0. The van der Waals surface area contributed by atoms with Crippen LogP contribution in [0.5, 0.6) is 0 Å². The summed E-state index contributed by atoms with van der Waals surface area (Å²) in [6.07, 6.45) is 28.8. The molecular formula is C46H43N5. The van der Waals surface area contributed by atoms with Gasteiger partial charge in [-0.3, -0.25) is 5.41 Å². The molecule has 1 aliphatic heterocycles. The molecule has 1 unspecified atom stereocenters. The molecule has 0 fully saturated rings. The Hall–Kier alpha value is -6.59. The number of nitrogens with one attached hydrogen (secondary N) is 2. The number of hydrogen-bond donors (Lipinski definition) is 4. The molecule has 1 aliphatic rings. The second kappa shape index (κ2) is 15.7. The first-order chi connectivity index (χ1) is 25.0. The van der Waals surface area contributed by atoms with Gasteiger partial charge in [-0.2, -0.15) is 0 Å². The minimum absolute atomic E-state index is 0.270. The van der Waals surface area contributed by atoms with E-state index in [1.807, 2.05) is 80.7 Å². The van der Waals surface area contributed by atoms with Crippen LogP contribution in [0, 0.1) is 5.41 Å². The quantitative estimate of drug-likeness (QED) is 0.0836. The van der Waals surface area contributed by atoms with Crippen molar-refractivity contribution in [2.45, 2.75) is 19.9 Å². The van der Waals surface area contributed by atoms with Crippen molar-refractivity contribution in [2.75, 3.05) is 0 Å². The van der Waals surface area contributed by atoms with E-state index in [2.05, 4.69) is 95.3 Å². The number of para-hydroxylation sites is 1. The lowest BCUT2D eigenvalue weighted by Gasteiger charge is -2.25. The summed E-state index contributed by atoms with van der Waals surface area (Å²) in [7, 11) is 0. The van der Waals surface area contributed by atoms with Crippen LogP contribution in [0.2, 0.25) is 0 Å². The molecule has 0 saturated carbocycles. The van der Waals surface area contributed by atoms with Crippen molar-refractivity contribution >= 4 is 49.4 Å². The number of hydrogen-bond acceptors (Lipinski definition) is 4. The molecule has 5 aromatic rings. The molecule has 0 radical (unpaired) electrons. The van der Waals surface area contributed by atoms with Crippen molar-refractivity contribution < 1.29 is 0 Å². The van der Waals surface area contributed by atoms with Gasteiger partial charge in [0, 0.05) is 33.7 Å². The van der Waals surface area contributed by atoms with E-state index in [0.717, 1.165) is 49.8 Å². The van der Waals surface area contributed by atoms with Crippen LogP contribution >= 0.6 is 0 Å². The predicted octanol–water partition coefficient (Wildman–Crippen LogP) is 10.3. The van der Waals surface area contributed by atoms with Gasteiger partial charge in [-0.15, -0.1) is 0 Å². The van der Waals surface area contributed by atoms with Gasteiger partial charge in [-0.25, -0.2) is 0 Å². The fraction of sp³-hybridized carbons (Fsp3) is 0.0652. The zero-order valence-electron chi connectivity index (χ0n) is 29.1. The highest BCUT2D eigenvalue weighted by Crippen LogP contribution is 2.39. The van der Waals surface area contributed by atoms with Gasteiger partial charge in [0.1, 0.15) is 0 Å². The number of dihydropyridines is 1. The molecule has 0 bridgehead atoms. The van der Waals surface area contributed by atoms with E-state index in [1.54, 1.807) is 24.4 Å². The lowest BCUT2D eigenvalue weighted by Crippen LogP contribution is -2.36. The van der Waals surface area contributed by atoms with E-state index in [1.165, 1.54) is 10.8 Å². The number of nitrogens with zero attached hydrogens (tertiary/aromatic N) is 1. The second-order valence-electron chi connectivity index (χ2n) is 12.2. The third-order valence-electron chi connectivity index (χ3n) is 8.89. The summed E-state index contributed by atoms with van der Waals surface area (Å²) in [5, 5.41) is 16.7. The summed E-state index contributed by atoms with van der Waals surface area (Å²) >= 11 is 0. The van der Waals surface area contributed by atoms with Crippen molar-refractivity contribution in [3.05, 3.63) is 199 Å².